The van der Waals surface area contributed by atoms with E-state index in [9.17, 15) is 10.1 Å². The van der Waals surface area contributed by atoms with Gasteiger partial charge in [-0.3, -0.25) is 0 Å². The SMILES string of the molecule is COC(=O)c1cccc(Cn2cc(/C=C(/C#N)c3ccc(Cl)cc3Cl)c3ccccc32)c1. The Morgan fingerprint density at radius 2 is 1.91 bits per heavy atom. The number of benzene rings is 3. The normalized spacial score (nSPS) is 11.4. The Morgan fingerprint density at radius 1 is 1.09 bits per heavy atom. The Morgan fingerprint density at radius 3 is 2.66 bits per heavy atom. The Labute approximate surface area is 195 Å². The average Bonchev–Trinajstić information content (AvgIpc) is 3.14. The van der Waals surface area contributed by atoms with Gasteiger partial charge in [0.2, 0.25) is 0 Å². The van der Waals surface area contributed by atoms with Gasteiger partial charge in [0.05, 0.1) is 29.3 Å². The highest BCUT2D eigenvalue weighted by Crippen LogP contribution is 2.31. The third kappa shape index (κ3) is 4.40. The lowest BCUT2D eigenvalue weighted by Gasteiger charge is -2.07. The first-order valence-electron chi connectivity index (χ1n) is 9.82. The highest BCUT2D eigenvalue weighted by atomic mass is 35.5. The van der Waals surface area contributed by atoms with Crippen molar-refractivity contribution >= 4 is 51.7 Å². The summed E-state index contributed by atoms with van der Waals surface area (Å²) < 4.78 is 6.92. The summed E-state index contributed by atoms with van der Waals surface area (Å²) in [7, 11) is 1.37. The minimum absolute atomic E-state index is 0.369. The van der Waals surface area contributed by atoms with Gasteiger partial charge in [0, 0.05) is 39.8 Å². The number of nitriles is 1. The van der Waals surface area contributed by atoms with E-state index in [1.807, 2.05) is 54.7 Å². The Balaban J connectivity index is 1.77. The molecule has 158 valence electrons. The molecule has 0 aliphatic carbocycles. The van der Waals surface area contributed by atoms with Crippen molar-refractivity contribution in [1.29, 1.82) is 5.26 Å². The monoisotopic (exact) mass is 460 g/mol. The van der Waals surface area contributed by atoms with E-state index in [4.69, 9.17) is 27.9 Å². The lowest BCUT2D eigenvalue weighted by Crippen LogP contribution is -2.03. The third-order valence-corrected chi connectivity index (χ3v) is 5.71. The number of halogens is 2. The van der Waals surface area contributed by atoms with Crippen LogP contribution in [0.5, 0.6) is 0 Å². The molecule has 0 radical (unpaired) electrons. The van der Waals surface area contributed by atoms with Gasteiger partial charge in [-0.15, -0.1) is 0 Å². The van der Waals surface area contributed by atoms with Crippen LogP contribution >= 0.6 is 23.2 Å². The number of carbonyl (C=O) groups excluding carboxylic acids is 1. The van der Waals surface area contributed by atoms with Gasteiger partial charge < -0.3 is 9.30 Å². The van der Waals surface area contributed by atoms with Crippen molar-refractivity contribution in [2.45, 2.75) is 6.54 Å². The van der Waals surface area contributed by atoms with Gasteiger partial charge in [-0.05, 0) is 42.0 Å². The summed E-state index contributed by atoms with van der Waals surface area (Å²) in [6.45, 7) is 0.558. The molecule has 4 rings (SSSR count). The van der Waals surface area contributed by atoms with Crippen LogP contribution in [0.1, 0.15) is 27.0 Å². The summed E-state index contributed by atoms with van der Waals surface area (Å²) in [6, 6.07) is 22.7. The molecule has 0 N–H and O–H groups in total. The minimum Gasteiger partial charge on any atom is -0.465 e. The zero-order valence-electron chi connectivity index (χ0n) is 17.2. The van der Waals surface area contributed by atoms with Crippen molar-refractivity contribution in [3.8, 4) is 6.07 Å². The first-order chi connectivity index (χ1) is 15.5. The molecular weight excluding hydrogens is 443 g/mol. The van der Waals surface area contributed by atoms with Gasteiger partial charge >= 0.3 is 5.97 Å². The van der Waals surface area contributed by atoms with Crippen LogP contribution in [0, 0.1) is 11.3 Å². The summed E-state index contributed by atoms with van der Waals surface area (Å²) in [5, 5.41) is 11.7. The second kappa shape index (κ2) is 9.32. The van der Waals surface area contributed by atoms with Crippen LogP contribution in [-0.2, 0) is 11.3 Å². The minimum atomic E-state index is -0.369. The van der Waals surface area contributed by atoms with Crippen LogP contribution in [0.3, 0.4) is 0 Å². The Hall–Kier alpha value is -3.52. The van der Waals surface area contributed by atoms with E-state index >= 15 is 0 Å². The van der Waals surface area contributed by atoms with Crippen LogP contribution < -0.4 is 0 Å². The summed E-state index contributed by atoms with van der Waals surface area (Å²) in [5.74, 6) is -0.369. The maximum Gasteiger partial charge on any atom is 0.337 e. The number of aromatic nitrogens is 1. The van der Waals surface area contributed by atoms with Gasteiger partial charge in [-0.2, -0.15) is 5.26 Å². The van der Waals surface area contributed by atoms with E-state index in [1.165, 1.54) is 7.11 Å². The number of para-hydroxylation sites is 1. The second-order valence-electron chi connectivity index (χ2n) is 7.22. The van der Waals surface area contributed by atoms with Crippen molar-refractivity contribution in [3.05, 3.63) is 105 Å². The molecule has 1 aromatic heterocycles. The molecular formula is C26H18Cl2N2O2. The van der Waals surface area contributed by atoms with Gasteiger partial charge in [-0.1, -0.05) is 59.6 Å². The van der Waals surface area contributed by atoms with Crippen molar-refractivity contribution in [2.24, 2.45) is 0 Å². The molecule has 4 aromatic rings. The number of hydrogen-bond donors (Lipinski definition) is 0. The number of nitrogens with zero attached hydrogens (tertiary/aromatic N) is 2. The van der Waals surface area contributed by atoms with E-state index in [2.05, 4.69) is 10.6 Å². The number of allylic oxidation sites excluding steroid dienone is 1. The smallest absolute Gasteiger partial charge is 0.337 e. The Kier molecular flexibility index (Phi) is 6.32. The van der Waals surface area contributed by atoms with Gasteiger partial charge in [-0.25, -0.2) is 4.79 Å². The number of hydrogen-bond acceptors (Lipinski definition) is 3. The zero-order valence-corrected chi connectivity index (χ0v) is 18.7. The molecule has 0 saturated heterocycles. The van der Waals surface area contributed by atoms with Gasteiger partial charge in [0.25, 0.3) is 0 Å². The first kappa shape index (κ1) is 21.7. The maximum absolute atomic E-state index is 11.9. The maximum atomic E-state index is 11.9. The van der Waals surface area contributed by atoms with E-state index in [0.29, 0.717) is 33.3 Å². The highest BCUT2D eigenvalue weighted by molar-refractivity contribution is 6.36. The van der Waals surface area contributed by atoms with Crippen molar-refractivity contribution in [3.63, 3.8) is 0 Å². The lowest BCUT2D eigenvalue weighted by molar-refractivity contribution is 0.0600. The summed E-state index contributed by atoms with van der Waals surface area (Å²) in [6.07, 6.45) is 3.83. The molecule has 4 nitrogen and oxygen atoms in total. The van der Waals surface area contributed by atoms with Crippen LogP contribution in [0.2, 0.25) is 10.0 Å². The molecule has 0 amide bonds. The predicted molar refractivity (Wildman–Crippen MR) is 129 cm³/mol. The summed E-state index contributed by atoms with van der Waals surface area (Å²) in [5.41, 5.74) is 4.45. The average molecular weight is 461 g/mol. The van der Waals surface area contributed by atoms with Crippen LogP contribution in [0.4, 0.5) is 0 Å². The quantitative estimate of drug-likeness (QED) is 0.241. The van der Waals surface area contributed by atoms with Crippen LogP contribution in [0.25, 0.3) is 22.6 Å². The molecule has 0 saturated carbocycles. The number of methoxy groups -OCH3 is 1. The fourth-order valence-corrected chi connectivity index (χ4v) is 4.18. The van der Waals surface area contributed by atoms with Gasteiger partial charge in [0.1, 0.15) is 0 Å². The molecule has 0 spiro atoms. The molecule has 0 fully saturated rings. The standard InChI is InChI=1S/C26H18Cl2N2O2/c1-32-26(31)18-6-4-5-17(11-18)15-30-16-20(23-7-2-3-8-25(23)30)12-19(14-29)22-10-9-21(27)13-24(22)28/h2-13,16H,15H2,1H3/b19-12-. The molecule has 3 aromatic carbocycles. The topological polar surface area (TPSA) is 55.0 Å². The van der Waals surface area contributed by atoms with Crippen LogP contribution in [0.15, 0.2) is 72.9 Å². The second-order valence-corrected chi connectivity index (χ2v) is 8.06. The Bertz CT molecular complexity index is 1400. The molecule has 6 heteroatoms. The molecule has 1 heterocycles. The molecule has 0 aliphatic heterocycles. The molecule has 0 atom stereocenters. The largest absolute Gasteiger partial charge is 0.465 e. The van der Waals surface area contributed by atoms with E-state index in [-0.39, 0.29) is 5.97 Å². The van der Waals surface area contributed by atoms with Crippen molar-refractivity contribution < 1.29 is 9.53 Å². The highest BCUT2D eigenvalue weighted by Gasteiger charge is 2.12. The zero-order chi connectivity index (χ0) is 22.7. The molecule has 0 bridgehead atoms. The number of esters is 1. The molecule has 32 heavy (non-hydrogen) atoms. The fraction of sp³-hybridized carbons (Fsp3) is 0.0769. The number of fused-ring (bicyclic) bond motifs is 1. The first-order valence-corrected chi connectivity index (χ1v) is 10.6. The third-order valence-electron chi connectivity index (χ3n) is 5.16. The van der Waals surface area contributed by atoms with E-state index < -0.39 is 0 Å². The van der Waals surface area contributed by atoms with Crippen molar-refractivity contribution in [2.75, 3.05) is 7.11 Å². The fourth-order valence-electron chi connectivity index (χ4n) is 3.67. The van der Waals surface area contributed by atoms with Crippen molar-refractivity contribution in [1.82, 2.24) is 4.57 Å². The number of carbonyl (C=O) groups is 1. The molecule has 0 aliphatic rings. The van der Waals surface area contributed by atoms with E-state index in [0.717, 1.165) is 22.0 Å². The number of ether oxygens (including phenoxy) is 1. The van der Waals surface area contributed by atoms with Gasteiger partial charge in [0.15, 0.2) is 0 Å². The van der Waals surface area contributed by atoms with Crippen LogP contribution in [-0.4, -0.2) is 17.6 Å². The number of rotatable bonds is 5. The molecule has 0 unspecified atom stereocenters. The van der Waals surface area contributed by atoms with E-state index in [1.54, 1.807) is 24.3 Å². The summed E-state index contributed by atoms with van der Waals surface area (Å²) >= 11 is 12.3. The summed E-state index contributed by atoms with van der Waals surface area (Å²) in [4.78, 5) is 11.9. The lowest BCUT2D eigenvalue weighted by atomic mass is 10.0. The predicted octanol–water partition coefficient (Wildman–Crippen LogP) is 6.85.